The van der Waals surface area contributed by atoms with Crippen LogP contribution >= 0.6 is 0 Å². The van der Waals surface area contributed by atoms with Crippen molar-refractivity contribution >= 4 is 17.8 Å². The molecule has 2 N–H and O–H groups in total. The van der Waals surface area contributed by atoms with Gasteiger partial charge in [0.15, 0.2) is 0 Å². The van der Waals surface area contributed by atoms with E-state index in [1.165, 1.54) is 0 Å². The highest BCUT2D eigenvalue weighted by Crippen LogP contribution is 2.27. The van der Waals surface area contributed by atoms with E-state index >= 15 is 0 Å². The Morgan fingerprint density at radius 2 is 1.85 bits per heavy atom. The summed E-state index contributed by atoms with van der Waals surface area (Å²) >= 11 is 0. The van der Waals surface area contributed by atoms with E-state index in [0.717, 1.165) is 5.01 Å². The molecule has 1 saturated heterocycles. The van der Waals surface area contributed by atoms with Gasteiger partial charge in [0.2, 0.25) is 5.91 Å². The third-order valence-corrected chi connectivity index (χ3v) is 3.29. The van der Waals surface area contributed by atoms with Crippen LogP contribution in [0, 0.1) is 5.92 Å². The smallest absolute Gasteiger partial charge is 0.318 e. The lowest BCUT2D eigenvalue weighted by Gasteiger charge is -2.22. The van der Waals surface area contributed by atoms with E-state index in [0.29, 0.717) is 5.56 Å². The van der Waals surface area contributed by atoms with Crippen LogP contribution in [-0.4, -0.2) is 22.9 Å². The molecule has 1 aliphatic rings. The Balaban J connectivity index is 2.27. The summed E-state index contributed by atoms with van der Waals surface area (Å²) < 4.78 is 0. The van der Waals surface area contributed by atoms with Gasteiger partial charge in [-0.3, -0.25) is 15.0 Å². The Hall–Kier alpha value is -2.37. The topological polar surface area (TPSA) is 78.5 Å². The highest BCUT2D eigenvalue weighted by Gasteiger charge is 2.49. The molecule has 106 valence electrons. The summed E-state index contributed by atoms with van der Waals surface area (Å²) in [4.78, 5) is 36.0. The van der Waals surface area contributed by atoms with Crippen molar-refractivity contribution in [1.29, 1.82) is 0 Å². The number of amides is 4. The monoisotopic (exact) mass is 275 g/mol. The number of benzene rings is 1. The molecule has 0 bridgehead atoms. The summed E-state index contributed by atoms with van der Waals surface area (Å²) in [6.07, 6.45) is 0. The molecule has 1 aromatic rings. The molecule has 1 fully saturated rings. The minimum absolute atomic E-state index is 0.320. The zero-order valence-electron chi connectivity index (χ0n) is 11.6. The normalized spacial score (nSPS) is 22.1. The van der Waals surface area contributed by atoms with Gasteiger partial charge in [-0.05, 0) is 12.5 Å². The molecule has 20 heavy (non-hydrogen) atoms. The molecular weight excluding hydrogens is 258 g/mol. The van der Waals surface area contributed by atoms with Crippen LogP contribution in [0.4, 0.5) is 4.79 Å². The van der Waals surface area contributed by atoms with Crippen molar-refractivity contribution in [2.75, 3.05) is 0 Å². The molecule has 0 aromatic heterocycles. The highest BCUT2D eigenvalue weighted by molar-refractivity contribution is 6.08. The van der Waals surface area contributed by atoms with Crippen LogP contribution in [0.5, 0.6) is 0 Å². The molecule has 0 radical (unpaired) electrons. The maximum Gasteiger partial charge on any atom is 0.344 e. The lowest BCUT2D eigenvalue weighted by Crippen LogP contribution is -2.49. The van der Waals surface area contributed by atoms with E-state index in [2.05, 4.69) is 10.7 Å². The lowest BCUT2D eigenvalue weighted by molar-refractivity contribution is -0.140. The first kappa shape index (κ1) is 14.0. The molecule has 1 aliphatic heterocycles. The molecule has 0 spiro atoms. The number of carbonyl (C=O) groups is 3. The van der Waals surface area contributed by atoms with Crippen molar-refractivity contribution in [2.24, 2.45) is 5.92 Å². The number of urea groups is 1. The fourth-order valence-corrected chi connectivity index (χ4v) is 1.95. The third kappa shape index (κ3) is 2.24. The summed E-state index contributed by atoms with van der Waals surface area (Å²) in [6.45, 7) is 4.98. The summed E-state index contributed by atoms with van der Waals surface area (Å²) in [6, 6.07) is 8.28. The highest BCUT2D eigenvalue weighted by atomic mass is 16.2. The van der Waals surface area contributed by atoms with Gasteiger partial charge in [0.05, 0.1) is 0 Å². The van der Waals surface area contributed by atoms with E-state index in [1.807, 2.05) is 6.07 Å². The second-order valence-electron chi connectivity index (χ2n) is 5.19. The fraction of sp³-hybridized carbons (Fsp3) is 0.357. The summed E-state index contributed by atoms with van der Waals surface area (Å²) in [5.41, 5.74) is 1.84. The molecule has 1 atom stereocenters. The van der Waals surface area contributed by atoms with Crippen molar-refractivity contribution < 1.29 is 14.4 Å². The van der Waals surface area contributed by atoms with Gasteiger partial charge in [-0.15, -0.1) is 0 Å². The van der Waals surface area contributed by atoms with E-state index in [4.69, 9.17) is 0 Å². The molecule has 0 unspecified atom stereocenters. The molecular formula is C14H17N3O3. The number of rotatable bonds is 3. The number of imide groups is 1. The summed E-state index contributed by atoms with van der Waals surface area (Å²) in [7, 11) is 0. The van der Waals surface area contributed by atoms with Gasteiger partial charge in [0, 0.05) is 5.92 Å². The second kappa shape index (κ2) is 4.96. The van der Waals surface area contributed by atoms with Crippen LogP contribution in [0.2, 0.25) is 0 Å². The van der Waals surface area contributed by atoms with Crippen LogP contribution < -0.4 is 10.7 Å². The quantitative estimate of drug-likeness (QED) is 0.812. The van der Waals surface area contributed by atoms with Crippen molar-refractivity contribution in [1.82, 2.24) is 15.8 Å². The average molecular weight is 275 g/mol. The zero-order valence-corrected chi connectivity index (χ0v) is 11.6. The Labute approximate surface area is 117 Å². The van der Waals surface area contributed by atoms with Crippen LogP contribution in [-0.2, 0) is 15.1 Å². The Morgan fingerprint density at radius 1 is 1.25 bits per heavy atom. The minimum Gasteiger partial charge on any atom is -0.318 e. The van der Waals surface area contributed by atoms with Gasteiger partial charge in [0.25, 0.3) is 5.91 Å². The fourth-order valence-electron chi connectivity index (χ4n) is 1.95. The third-order valence-electron chi connectivity index (χ3n) is 3.29. The maximum absolute atomic E-state index is 12.4. The first-order valence-electron chi connectivity index (χ1n) is 6.39. The first-order chi connectivity index (χ1) is 9.36. The SMILES string of the molecule is CC(C)C(=O)NN1C(=O)N[C@@](C)(c2ccccc2)C1=O. The predicted molar refractivity (Wildman–Crippen MR) is 72.2 cm³/mol. The summed E-state index contributed by atoms with van der Waals surface area (Å²) in [5, 5.41) is 3.36. The second-order valence-corrected chi connectivity index (χ2v) is 5.19. The van der Waals surface area contributed by atoms with E-state index in [-0.39, 0.29) is 11.8 Å². The van der Waals surface area contributed by atoms with Gasteiger partial charge in [-0.25, -0.2) is 4.79 Å². The van der Waals surface area contributed by atoms with E-state index in [1.54, 1.807) is 45.0 Å². The van der Waals surface area contributed by atoms with Gasteiger partial charge < -0.3 is 5.32 Å². The predicted octanol–water partition coefficient (Wildman–Crippen LogP) is 1.14. The molecule has 4 amide bonds. The number of carbonyl (C=O) groups excluding carboxylic acids is 3. The molecule has 1 heterocycles. The average Bonchev–Trinajstić information content (AvgIpc) is 2.64. The largest absolute Gasteiger partial charge is 0.344 e. The Bertz CT molecular complexity index is 556. The molecule has 0 aliphatic carbocycles. The lowest BCUT2D eigenvalue weighted by atomic mass is 9.92. The maximum atomic E-state index is 12.4. The molecule has 2 rings (SSSR count). The number of hydrazine groups is 1. The minimum atomic E-state index is -1.16. The standard InChI is InChI=1S/C14H17N3O3/c1-9(2)11(18)16-17-12(19)14(3,15-13(17)20)10-7-5-4-6-8-10/h4-9H,1-3H3,(H,15,20)(H,16,18)/t14-/m0/s1. The number of nitrogens with zero attached hydrogens (tertiary/aromatic N) is 1. The Kier molecular flexibility index (Phi) is 3.48. The first-order valence-corrected chi connectivity index (χ1v) is 6.39. The van der Waals surface area contributed by atoms with Crippen molar-refractivity contribution in [3.05, 3.63) is 35.9 Å². The van der Waals surface area contributed by atoms with Crippen LogP contribution in [0.15, 0.2) is 30.3 Å². The van der Waals surface area contributed by atoms with E-state index in [9.17, 15) is 14.4 Å². The van der Waals surface area contributed by atoms with Gasteiger partial charge >= 0.3 is 6.03 Å². The Morgan fingerprint density at radius 3 is 2.40 bits per heavy atom. The van der Waals surface area contributed by atoms with Gasteiger partial charge in [0.1, 0.15) is 5.54 Å². The molecule has 0 saturated carbocycles. The van der Waals surface area contributed by atoms with Gasteiger partial charge in [-0.2, -0.15) is 5.01 Å². The van der Waals surface area contributed by atoms with Crippen molar-refractivity contribution in [3.63, 3.8) is 0 Å². The molecule has 6 nitrogen and oxygen atoms in total. The van der Waals surface area contributed by atoms with Crippen LogP contribution in [0.3, 0.4) is 0 Å². The van der Waals surface area contributed by atoms with Gasteiger partial charge in [-0.1, -0.05) is 44.2 Å². The zero-order chi connectivity index (χ0) is 14.9. The summed E-state index contributed by atoms with van der Waals surface area (Å²) in [5.74, 6) is -1.20. The van der Waals surface area contributed by atoms with Crippen molar-refractivity contribution in [2.45, 2.75) is 26.3 Å². The van der Waals surface area contributed by atoms with Crippen LogP contribution in [0.1, 0.15) is 26.3 Å². The van der Waals surface area contributed by atoms with E-state index < -0.39 is 17.5 Å². The number of hydrogen-bond donors (Lipinski definition) is 2. The number of hydrogen-bond acceptors (Lipinski definition) is 3. The molecule has 6 heteroatoms. The molecule has 1 aromatic carbocycles. The van der Waals surface area contributed by atoms with Crippen molar-refractivity contribution in [3.8, 4) is 0 Å². The number of nitrogens with one attached hydrogen (secondary N) is 2. The van der Waals surface area contributed by atoms with Crippen LogP contribution in [0.25, 0.3) is 0 Å².